The molecule has 0 aliphatic carbocycles. The summed E-state index contributed by atoms with van der Waals surface area (Å²) in [5.41, 5.74) is 0.662. The second-order valence-corrected chi connectivity index (χ2v) is 8.71. The molecule has 1 amide bonds. The molecule has 3 aromatic rings. The molecular formula is C20H19N3O4S2. The van der Waals surface area contributed by atoms with Crippen LogP contribution in [0.2, 0.25) is 0 Å². The van der Waals surface area contributed by atoms with Crippen molar-refractivity contribution >= 4 is 33.2 Å². The Morgan fingerprint density at radius 3 is 2.34 bits per heavy atom. The summed E-state index contributed by atoms with van der Waals surface area (Å²) in [6, 6.07) is 18.1. The Morgan fingerprint density at radius 1 is 1.00 bits per heavy atom. The van der Waals surface area contributed by atoms with E-state index in [0.29, 0.717) is 17.3 Å². The molecule has 0 saturated carbocycles. The molecule has 0 unspecified atom stereocenters. The van der Waals surface area contributed by atoms with Crippen LogP contribution in [0.1, 0.15) is 6.92 Å². The molecule has 0 spiro atoms. The van der Waals surface area contributed by atoms with Gasteiger partial charge in [-0.25, -0.2) is 8.42 Å². The van der Waals surface area contributed by atoms with Crippen molar-refractivity contribution in [1.29, 1.82) is 0 Å². The van der Waals surface area contributed by atoms with Gasteiger partial charge in [0.25, 0.3) is 0 Å². The summed E-state index contributed by atoms with van der Waals surface area (Å²) in [4.78, 5) is 12.3. The summed E-state index contributed by atoms with van der Waals surface area (Å²) in [5, 5.41) is 10.8. The van der Waals surface area contributed by atoms with Crippen LogP contribution >= 0.6 is 11.8 Å². The van der Waals surface area contributed by atoms with Crippen molar-refractivity contribution in [2.24, 2.45) is 0 Å². The maximum absolute atomic E-state index is 12.5. The summed E-state index contributed by atoms with van der Waals surface area (Å²) >= 11 is 1.17. The highest BCUT2D eigenvalue weighted by Gasteiger charge is 2.19. The summed E-state index contributed by atoms with van der Waals surface area (Å²) in [6.45, 7) is 2.48. The van der Waals surface area contributed by atoms with Crippen LogP contribution < -0.4 is 10.1 Å². The van der Waals surface area contributed by atoms with E-state index in [1.54, 1.807) is 42.5 Å². The van der Waals surface area contributed by atoms with Gasteiger partial charge in [-0.15, -0.1) is 10.2 Å². The number of ether oxygens (including phenoxy) is 1. The van der Waals surface area contributed by atoms with Gasteiger partial charge in [0.2, 0.25) is 15.7 Å². The van der Waals surface area contributed by atoms with Crippen LogP contribution in [0.3, 0.4) is 0 Å². The Kier molecular flexibility index (Phi) is 6.84. The molecule has 0 fully saturated rings. The van der Waals surface area contributed by atoms with Crippen molar-refractivity contribution in [3.8, 4) is 5.75 Å². The third-order valence-electron chi connectivity index (χ3n) is 3.74. The number of sulfone groups is 1. The maximum Gasteiger partial charge on any atom is 0.234 e. The van der Waals surface area contributed by atoms with Gasteiger partial charge in [0.1, 0.15) is 10.8 Å². The minimum Gasteiger partial charge on any atom is -0.494 e. The molecule has 0 saturated heterocycles. The van der Waals surface area contributed by atoms with E-state index < -0.39 is 9.84 Å². The molecule has 29 heavy (non-hydrogen) atoms. The zero-order valence-electron chi connectivity index (χ0n) is 15.6. The third kappa shape index (κ3) is 5.55. The second-order valence-electron chi connectivity index (χ2n) is 5.82. The minimum atomic E-state index is -3.71. The van der Waals surface area contributed by atoms with Crippen LogP contribution in [-0.2, 0) is 14.6 Å². The lowest BCUT2D eigenvalue weighted by Crippen LogP contribution is -2.14. The predicted octanol–water partition coefficient (Wildman–Crippen LogP) is 3.44. The van der Waals surface area contributed by atoms with Gasteiger partial charge in [0, 0.05) is 5.69 Å². The molecule has 1 heterocycles. The lowest BCUT2D eigenvalue weighted by atomic mass is 10.3. The summed E-state index contributed by atoms with van der Waals surface area (Å²) in [6.07, 6.45) is 0. The first-order valence-electron chi connectivity index (χ1n) is 8.78. The summed E-state index contributed by atoms with van der Waals surface area (Å²) < 4.78 is 30.4. The van der Waals surface area contributed by atoms with Crippen molar-refractivity contribution < 1.29 is 17.9 Å². The van der Waals surface area contributed by atoms with Gasteiger partial charge in [-0.05, 0) is 55.5 Å². The van der Waals surface area contributed by atoms with Crippen molar-refractivity contribution in [2.45, 2.75) is 21.9 Å². The predicted molar refractivity (Wildman–Crippen MR) is 111 cm³/mol. The quantitative estimate of drug-likeness (QED) is 0.548. The number of anilines is 1. The van der Waals surface area contributed by atoms with Gasteiger partial charge in [0.15, 0.2) is 5.03 Å². The molecule has 1 N–H and O–H groups in total. The first kappa shape index (κ1) is 20.8. The smallest absolute Gasteiger partial charge is 0.234 e. The highest BCUT2D eigenvalue weighted by molar-refractivity contribution is 7.99. The van der Waals surface area contributed by atoms with Crippen LogP contribution in [0.15, 0.2) is 81.7 Å². The fourth-order valence-corrected chi connectivity index (χ4v) is 4.15. The fraction of sp³-hybridized carbons (Fsp3) is 0.150. The van der Waals surface area contributed by atoms with E-state index in [-0.39, 0.29) is 21.6 Å². The van der Waals surface area contributed by atoms with E-state index in [1.165, 1.54) is 36.0 Å². The lowest BCUT2D eigenvalue weighted by molar-refractivity contribution is -0.113. The third-order valence-corrected chi connectivity index (χ3v) is 6.33. The highest BCUT2D eigenvalue weighted by atomic mass is 32.2. The molecular weight excluding hydrogens is 410 g/mol. The van der Waals surface area contributed by atoms with E-state index in [4.69, 9.17) is 4.74 Å². The molecule has 0 radical (unpaired) electrons. The standard InChI is InChI=1S/C20H19N3O4S2/c1-2-27-16-10-8-15(9-11-16)21-18(24)14-28-19-12-13-20(23-22-19)29(25,26)17-6-4-3-5-7-17/h3-13H,2,14H2,1H3,(H,21,24). The number of hydrogen-bond donors (Lipinski definition) is 1. The number of amides is 1. The maximum atomic E-state index is 12.5. The molecule has 2 aromatic carbocycles. The normalized spacial score (nSPS) is 11.1. The highest BCUT2D eigenvalue weighted by Crippen LogP contribution is 2.21. The van der Waals surface area contributed by atoms with Crippen LogP contribution in [0.5, 0.6) is 5.75 Å². The first-order chi connectivity index (χ1) is 14.0. The molecule has 7 nitrogen and oxygen atoms in total. The number of aromatic nitrogens is 2. The van der Waals surface area contributed by atoms with Crippen molar-refractivity contribution in [3.05, 3.63) is 66.7 Å². The SMILES string of the molecule is CCOc1ccc(NC(=O)CSc2ccc(S(=O)(=O)c3ccccc3)nn2)cc1. The van der Waals surface area contributed by atoms with Gasteiger partial charge in [-0.2, -0.15) is 0 Å². The number of nitrogens with zero attached hydrogens (tertiary/aromatic N) is 2. The van der Waals surface area contributed by atoms with E-state index in [0.717, 1.165) is 5.75 Å². The number of hydrogen-bond acceptors (Lipinski definition) is 7. The monoisotopic (exact) mass is 429 g/mol. The van der Waals surface area contributed by atoms with E-state index >= 15 is 0 Å². The summed E-state index contributed by atoms with van der Waals surface area (Å²) in [5.74, 6) is 0.648. The number of carbonyl (C=O) groups excluding carboxylic acids is 1. The Labute approximate surface area is 173 Å². The average Bonchev–Trinajstić information content (AvgIpc) is 2.75. The fourth-order valence-electron chi connectivity index (χ4n) is 2.39. The second kappa shape index (κ2) is 9.53. The Morgan fingerprint density at radius 2 is 1.72 bits per heavy atom. The molecule has 0 aliphatic rings. The van der Waals surface area contributed by atoms with Crippen molar-refractivity contribution in [2.75, 3.05) is 17.7 Å². The molecule has 1 aromatic heterocycles. The molecule has 3 rings (SSSR count). The van der Waals surface area contributed by atoms with E-state index in [1.807, 2.05) is 6.92 Å². The topological polar surface area (TPSA) is 98.2 Å². The largest absolute Gasteiger partial charge is 0.494 e. The summed E-state index contributed by atoms with van der Waals surface area (Å²) in [7, 11) is -3.71. The Balaban J connectivity index is 1.56. The van der Waals surface area contributed by atoms with Gasteiger partial charge < -0.3 is 10.1 Å². The van der Waals surface area contributed by atoms with Gasteiger partial charge in [0.05, 0.1) is 17.3 Å². The number of rotatable bonds is 8. The number of nitrogens with one attached hydrogen (secondary N) is 1. The van der Waals surface area contributed by atoms with Crippen molar-refractivity contribution in [3.63, 3.8) is 0 Å². The average molecular weight is 430 g/mol. The van der Waals surface area contributed by atoms with Gasteiger partial charge >= 0.3 is 0 Å². The Hall–Kier alpha value is -2.91. The molecule has 0 atom stereocenters. The molecule has 0 bridgehead atoms. The molecule has 9 heteroatoms. The number of benzene rings is 2. The zero-order chi connectivity index (χ0) is 20.7. The van der Waals surface area contributed by atoms with Crippen LogP contribution in [0.4, 0.5) is 5.69 Å². The first-order valence-corrected chi connectivity index (χ1v) is 11.3. The number of thioether (sulfide) groups is 1. The van der Waals surface area contributed by atoms with E-state index in [2.05, 4.69) is 15.5 Å². The Bertz CT molecular complexity index is 1060. The minimum absolute atomic E-state index is 0.118. The number of carbonyl (C=O) groups is 1. The van der Waals surface area contributed by atoms with Crippen LogP contribution in [-0.4, -0.2) is 36.9 Å². The lowest BCUT2D eigenvalue weighted by Gasteiger charge is -2.07. The van der Waals surface area contributed by atoms with E-state index in [9.17, 15) is 13.2 Å². The molecule has 0 aliphatic heterocycles. The zero-order valence-corrected chi connectivity index (χ0v) is 17.2. The molecule has 150 valence electrons. The van der Waals surface area contributed by atoms with Crippen molar-refractivity contribution in [1.82, 2.24) is 10.2 Å². The van der Waals surface area contributed by atoms with Crippen LogP contribution in [0, 0.1) is 0 Å². The van der Waals surface area contributed by atoms with Gasteiger partial charge in [-0.1, -0.05) is 30.0 Å². The van der Waals surface area contributed by atoms with Crippen LogP contribution in [0.25, 0.3) is 0 Å². The van der Waals surface area contributed by atoms with Gasteiger partial charge in [-0.3, -0.25) is 4.79 Å².